The van der Waals surface area contributed by atoms with E-state index < -0.39 is 41.5 Å². The molecule has 10 heteroatoms. The first-order valence-corrected chi connectivity index (χ1v) is 10.2. The summed E-state index contributed by atoms with van der Waals surface area (Å²) in [6.45, 7) is -0.00407. The van der Waals surface area contributed by atoms with Gasteiger partial charge in [0.2, 0.25) is 0 Å². The van der Waals surface area contributed by atoms with Crippen LogP contribution in [0.25, 0.3) is 0 Å². The van der Waals surface area contributed by atoms with E-state index in [0.29, 0.717) is 5.56 Å². The van der Waals surface area contributed by atoms with Crippen LogP contribution in [0.4, 0.5) is 17.6 Å². The van der Waals surface area contributed by atoms with Gasteiger partial charge in [-0.25, -0.2) is 4.39 Å². The predicted molar refractivity (Wildman–Crippen MR) is 107 cm³/mol. The van der Waals surface area contributed by atoms with Gasteiger partial charge < -0.3 is 10.2 Å². The number of nitrogens with zero attached hydrogens (tertiary/aromatic N) is 1. The van der Waals surface area contributed by atoms with Crippen molar-refractivity contribution in [3.05, 3.63) is 70.5 Å². The quantitative estimate of drug-likeness (QED) is 0.557. The first kappa shape index (κ1) is 22.6. The van der Waals surface area contributed by atoms with E-state index in [4.69, 9.17) is 0 Å². The summed E-state index contributed by atoms with van der Waals surface area (Å²) in [7, 11) is 0. The molecule has 1 unspecified atom stereocenters. The SMILES string of the molecule is O=C1CCC(N2Cc3cc(C(=O)N[C@@H](c4ccccc4F)C(F)(F)F)ccc3C2=O)C(=O)C1. The summed E-state index contributed by atoms with van der Waals surface area (Å²) in [6, 6.07) is 4.78. The van der Waals surface area contributed by atoms with Gasteiger partial charge in [0, 0.05) is 29.7 Å². The van der Waals surface area contributed by atoms with Crippen molar-refractivity contribution in [2.24, 2.45) is 0 Å². The fraction of sp³-hybridized carbons (Fsp3) is 0.304. The number of hydrogen-bond donors (Lipinski definition) is 1. The zero-order valence-electron chi connectivity index (χ0n) is 17.1. The summed E-state index contributed by atoms with van der Waals surface area (Å²) in [4.78, 5) is 50.4. The first-order valence-electron chi connectivity index (χ1n) is 10.2. The molecule has 1 N–H and O–H groups in total. The molecule has 2 atom stereocenters. The number of fused-ring (bicyclic) bond motifs is 1. The second-order valence-electron chi connectivity index (χ2n) is 8.01. The number of carbonyl (C=O) groups is 4. The number of halogens is 4. The lowest BCUT2D eigenvalue weighted by molar-refractivity contribution is -0.155. The average molecular weight is 462 g/mol. The highest BCUT2D eigenvalue weighted by molar-refractivity contribution is 6.08. The molecule has 172 valence electrons. The normalized spacial score (nSPS) is 19.5. The molecule has 0 radical (unpaired) electrons. The minimum Gasteiger partial charge on any atom is -0.337 e. The number of Topliss-reactive ketones (excluding diaryl/α,β-unsaturated/α-hetero) is 2. The summed E-state index contributed by atoms with van der Waals surface area (Å²) < 4.78 is 54.7. The van der Waals surface area contributed by atoms with Gasteiger partial charge in [0.1, 0.15) is 11.6 Å². The van der Waals surface area contributed by atoms with Crippen LogP contribution in [0.15, 0.2) is 42.5 Å². The highest BCUT2D eigenvalue weighted by atomic mass is 19.4. The highest BCUT2D eigenvalue weighted by Gasteiger charge is 2.44. The maximum atomic E-state index is 14.0. The molecule has 1 saturated carbocycles. The van der Waals surface area contributed by atoms with Crippen LogP contribution >= 0.6 is 0 Å². The summed E-state index contributed by atoms with van der Waals surface area (Å²) in [5.74, 6) is -3.18. The van der Waals surface area contributed by atoms with E-state index in [1.54, 1.807) is 0 Å². The lowest BCUT2D eigenvalue weighted by Crippen LogP contribution is -2.44. The summed E-state index contributed by atoms with van der Waals surface area (Å²) in [5.41, 5.74) is -0.241. The van der Waals surface area contributed by atoms with Crippen LogP contribution in [-0.2, 0) is 16.1 Å². The second-order valence-corrected chi connectivity index (χ2v) is 8.01. The van der Waals surface area contributed by atoms with Crippen LogP contribution in [0.2, 0.25) is 0 Å². The molecule has 1 heterocycles. The van der Waals surface area contributed by atoms with E-state index in [-0.39, 0.29) is 48.5 Å². The van der Waals surface area contributed by atoms with Crippen molar-refractivity contribution in [2.45, 2.75) is 44.1 Å². The number of alkyl halides is 3. The number of hydrogen-bond acceptors (Lipinski definition) is 4. The van der Waals surface area contributed by atoms with Crippen molar-refractivity contribution in [3.63, 3.8) is 0 Å². The molecule has 1 fully saturated rings. The lowest BCUT2D eigenvalue weighted by atomic mass is 9.92. The third-order valence-electron chi connectivity index (χ3n) is 5.83. The van der Waals surface area contributed by atoms with Crippen molar-refractivity contribution in [1.29, 1.82) is 0 Å². The van der Waals surface area contributed by atoms with Gasteiger partial charge in [0.15, 0.2) is 11.8 Å². The van der Waals surface area contributed by atoms with Crippen molar-refractivity contribution < 1.29 is 36.7 Å². The van der Waals surface area contributed by atoms with Gasteiger partial charge in [-0.15, -0.1) is 0 Å². The summed E-state index contributed by atoms with van der Waals surface area (Å²) >= 11 is 0. The Kier molecular flexibility index (Phi) is 5.77. The number of nitrogens with one attached hydrogen (secondary N) is 1. The maximum Gasteiger partial charge on any atom is 0.412 e. The number of ketones is 2. The topological polar surface area (TPSA) is 83.6 Å². The average Bonchev–Trinajstić information content (AvgIpc) is 3.07. The van der Waals surface area contributed by atoms with Gasteiger partial charge in [-0.3, -0.25) is 19.2 Å². The molecule has 1 aliphatic heterocycles. The molecule has 2 aliphatic rings. The van der Waals surface area contributed by atoms with E-state index in [2.05, 4.69) is 0 Å². The van der Waals surface area contributed by atoms with E-state index in [9.17, 15) is 36.7 Å². The second kappa shape index (κ2) is 8.42. The van der Waals surface area contributed by atoms with Gasteiger partial charge in [-0.2, -0.15) is 13.2 Å². The highest BCUT2D eigenvalue weighted by Crippen LogP contribution is 2.35. The maximum absolute atomic E-state index is 14.0. The summed E-state index contributed by atoms with van der Waals surface area (Å²) in [5, 5.41) is 1.83. The molecule has 0 bridgehead atoms. The Morgan fingerprint density at radius 3 is 2.48 bits per heavy atom. The number of rotatable bonds is 4. The van der Waals surface area contributed by atoms with Crippen LogP contribution in [0.5, 0.6) is 0 Å². The molecule has 2 aromatic carbocycles. The van der Waals surface area contributed by atoms with E-state index in [1.165, 1.54) is 35.2 Å². The Morgan fingerprint density at radius 1 is 1.09 bits per heavy atom. The third kappa shape index (κ3) is 4.37. The first-order chi connectivity index (χ1) is 15.6. The molecule has 33 heavy (non-hydrogen) atoms. The number of amides is 2. The monoisotopic (exact) mass is 462 g/mol. The molecule has 2 amide bonds. The Bertz CT molecular complexity index is 1160. The molecular formula is C23H18F4N2O4. The van der Waals surface area contributed by atoms with Crippen molar-refractivity contribution >= 4 is 23.4 Å². The fourth-order valence-corrected chi connectivity index (χ4v) is 4.18. The Labute approximate surface area is 185 Å². The van der Waals surface area contributed by atoms with Gasteiger partial charge in [0.05, 0.1) is 12.5 Å². The molecule has 6 nitrogen and oxygen atoms in total. The predicted octanol–water partition coefficient (Wildman–Crippen LogP) is 3.51. The number of benzene rings is 2. The van der Waals surface area contributed by atoms with E-state index >= 15 is 0 Å². The Morgan fingerprint density at radius 2 is 1.82 bits per heavy atom. The van der Waals surface area contributed by atoms with Crippen LogP contribution in [0.1, 0.15) is 57.1 Å². The molecule has 2 aromatic rings. The van der Waals surface area contributed by atoms with Crippen LogP contribution in [-0.4, -0.2) is 40.5 Å². The lowest BCUT2D eigenvalue weighted by Gasteiger charge is -2.29. The Balaban J connectivity index is 1.56. The van der Waals surface area contributed by atoms with E-state index in [0.717, 1.165) is 12.1 Å². The molecular weight excluding hydrogens is 444 g/mol. The third-order valence-corrected chi connectivity index (χ3v) is 5.83. The van der Waals surface area contributed by atoms with E-state index in [1.807, 2.05) is 5.32 Å². The fourth-order valence-electron chi connectivity index (χ4n) is 4.18. The van der Waals surface area contributed by atoms with Crippen molar-refractivity contribution in [3.8, 4) is 0 Å². The molecule has 4 rings (SSSR count). The van der Waals surface area contributed by atoms with Crippen molar-refractivity contribution in [2.75, 3.05) is 0 Å². The zero-order chi connectivity index (χ0) is 23.9. The largest absolute Gasteiger partial charge is 0.412 e. The van der Waals surface area contributed by atoms with Crippen LogP contribution in [0, 0.1) is 5.82 Å². The van der Waals surface area contributed by atoms with Gasteiger partial charge in [-0.1, -0.05) is 18.2 Å². The minimum atomic E-state index is -4.94. The molecule has 1 aliphatic carbocycles. The summed E-state index contributed by atoms with van der Waals surface area (Å²) in [6.07, 6.45) is -4.80. The standard InChI is InChI=1S/C23H18F4N2O4/c24-17-4-2-1-3-16(17)20(23(25,26)27)28-21(32)12-5-7-15-13(9-12)11-29(22(15)33)18-8-6-14(30)10-19(18)31/h1-5,7,9,18,20H,6,8,10-11H2,(H,28,32)/t18?,20-/m0/s1. The molecule has 0 spiro atoms. The van der Waals surface area contributed by atoms with Crippen molar-refractivity contribution in [1.82, 2.24) is 10.2 Å². The smallest absolute Gasteiger partial charge is 0.337 e. The molecule has 0 aromatic heterocycles. The van der Waals surface area contributed by atoms with Gasteiger partial charge >= 0.3 is 6.18 Å². The Hall–Kier alpha value is -3.56. The number of carbonyl (C=O) groups excluding carboxylic acids is 4. The van der Waals surface area contributed by atoms with Crippen LogP contribution in [0.3, 0.4) is 0 Å². The zero-order valence-corrected chi connectivity index (χ0v) is 17.1. The van der Waals surface area contributed by atoms with Gasteiger partial charge in [0.25, 0.3) is 11.8 Å². The molecule has 0 saturated heterocycles. The minimum absolute atomic E-state index is 0.00407. The van der Waals surface area contributed by atoms with Crippen LogP contribution < -0.4 is 5.32 Å². The van der Waals surface area contributed by atoms with Gasteiger partial charge in [-0.05, 0) is 36.2 Å².